The molecule has 1 aliphatic rings. The molecule has 1 aromatic rings. The van der Waals surface area contributed by atoms with E-state index < -0.39 is 0 Å². The summed E-state index contributed by atoms with van der Waals surface area (Å²) >= 11 is 0. The Bertz CT molecular complexity index is 562. The monoisotopic (exact) mass is 446 g/mol. The van der Waals surface area contributed by atoms with E-state index in [1.54, 1.807) is 0 Å². The van der Waals surface area contributed by atoms with Gasteiger partial charge in [0.05, 0.1) is 12.7 Å². The summed E-state index contributed by atoms with van der Waals surface area (Å²) in [6.07, 6.45) is 24.5. The lowest BCUT2D eigenvalue weighted by Crippen LogP contribution is -2.36. The van der Waals surface area contributed by atoms with Crippen molar-refractivity contribution in [1.29, 1.82) is 0 Å². The summed E-state index contributed by atoms with van der Waals surface area (Å²) in [5, 5.41) is 0. The van der Waals surface area contributed by atoms with E-state index >= 15 is 0 Å². The zero-order valence-electron chi connectivity index (χ0n) is 21.4. The van der Waals surface area contributed by atoms with Crippen LogP contribution in [0, 0.1) is 12.8 Å². The van der Waals surface area contributed by atoms with Crippen molar-refractivity contribution in [3.05, 3.63) is 30.1 Å². The minimum absolute atomic E-state index is 0.336. The van der Waals surface area contributed by atoms with Gasteiger partial charge in [-0.25, -0.2) is 4.57 Å². The second-order valence-electron chi connectivity index (χ2n) is 10.1. The first kappa shape index (κ1) is 27.3. The van der Waals surface area contributed by atoms with E-state index in [0.29, 0.717) is 6.10 Å². The maximum atomic E-state index is 5.99. The third kappa shape index (κ3) is 12.9. The number of hydrogen-bond acceptors (Lipinski definition) is 2. The summed E-state index contributed by atoms with van der Waals surface area (Å²) in [5.74, 6) is 0.768. The molecule has 1 aliphatic heterocycles. The zero-order valence-corrected chi connectivity index (χ0v) is 21.4. The molecule has 0 saturated carbocycles. The van der Waals surface area contributed by atoms with Crippen molar-refractivity contribution in [3.63, 3.8) is 0 Å². The summed E-state index contributed by atoms with van der Waals surface area (Å²) in [7, 11) is 0. The van der Waals surface area contributed by atoms with E-state index in [4.69, 9.17) is 9.47 Å². The van der Waals surface area contributed by atoms with Crippen LogP contribution >= 0.6 is 0 Å². The number of hydrogen-bond donors (Lipinski definition) is 0. The molecule has 2 atom stereocenters. The molecular weight excluding hydrogens is 394 g/mol. The molecule has 1 aromatic heterocycles. The molecule has 184 valence electrons. The van der Waals surface area contributed by atoms with Gasteiger partial charge >= 0.3 is 0 Å². The normalized spacial score (nSPS) is 18.4. The van der Waals surface area contributed by atoms with Crippen molar-refractivity contribution in [2.75, 3.05) is 19.8 Å². The van der Waals surface area contributed by atoms with Crippen molar-refractivity contribution in [1.82, 2.24) is 0 Å². The molecule has 0 radical (unpaired) electrons. The number of aryl methyl sites for hydroxylation is 2. The molecule has 2 rings (SSSR count). The van der Waals surface area contributed by atoms with Crippen LogP contribution in [-0.2, 0) is 16.0 Å². The standard InChI is InChI=1S/C29H52NO2/c1-3-4-5-6-7-8-9-10-11-12-13-14-20-28-24-29(32-25-28)26-31-23-18-17-22-30-21-16-15-19-27(30)2/h15-16,19,21,28-29H,3-14,17-18,20,22-26H2,1-2H3/q+1/t28-,29+/m1/s1. The van der Waals surface area contributed by atoms with Gasteiger partial charge in [0.2, 0.25) is 0 Å². The van der Waals surface area contributed by atoms with Gasteiger partial charge in [0.25, 0.3) is 0 Å². The van der Waals surface area contributed by atoms with Gasteiger partial charge in [0, 0.05) is 38.7 Å². The number of aromatic nitrogens is 1. The van der Waals surface area contributed by atoms with Crippen LogP contribution < -0.4 is 4.57 Å². The van der Waals surface area contributed by atoms with E-state index in [1.165, 1.54) is 102 Å². The van der Waals surface area contributed by atoms with Crippen LogP contribution in [0.1, 0.15) is 115 Å². The van der Waals surface area contributed by atoms with Crippen LogP contribution in [0.5, 0.6) is 0 Å². The largest absolute Gasteiger partial charge is 0.379 e. The topological polar surface area (TPSA) is 22.3 Å². The maximum Gasteiger partial charge on any atom is 0.178 e. The molecule has 0 aliphatic carbocycles. The smallest absolute Gasteiger partial charge is 0.178 e. The zero-order chi connectivity index (χ0) is 22.7. The lowest BCUT2D eigenvalue weighted by Gasteiger charge is -2.10. The van der Waals surface area contributed by atoms with Crippen molar-refractivity contribution in [2.24, 2.45) is 5.92 Å². The Morgan fingerprint density at radius 1 is 0.875 bits per heavy atom. The SMILES string of the molecule is CCCCCCCCCCCCCC[C@H]1CO[C@H](COCCCC[n+]2ccccc2C)C1. The number of unbranched alkanes of at least 4 members (excludes halogenated alkanes) is 12. The van der Waals surface area contributed by atoms with E-state index in [-0.39, 0.29) is 0 Å². The average molecular weight is 447 g/mol. The summed E-state index contributed by atoms with van der Waals surface area (Å²) in [6, 6.07) is 6.37. The number of ether oxygens (including phenoxy) is 2. The Morgan fingerprint density at radius 2 is 1.56 bits per heavy atom. The van der Waals surface area contributed by atoms with Crippen LogP contribution in [0.3, 0.4) is 0 Å². The average Bonchev–Trinajstić information content (AvgIpc) is 3.25. The Hall–Kier alpha value is -0.930. The highest BCUT2D eigenvalue weighted by Crippen LogP contribution is 2.25. The molecule has 3 nitrogen and oxygen atoms in total. The molecule has 1 saturated heterocycles. The predicted molar refractivity (Wildman–Crippen MR) is 135 cm³/mol. The molecule has 0 aromatic carbocycles. The summed E-state index contributed by atoms with van der Waals surface area (Å²) < 4.78 is 14.2. The van der Waals surface area contributed by atoms with Crippen LogP contribution in [0.25, 0.3) is 0 Å². The van der Waals surface area contributed by atoms with Crippen molar-refractivity contribution >= 4 is 0 Å². The fourth-order valence-corrected chi connectivity index (χ4v) is 4.89. The molecule has 0 amide bonds. The maximum absolute atomic E-state index is 5.99. The van der Waals surface area contributed by atoms with Gasteiger partial charge in [-0.2, -0.15) is 0 Å². The highest BCUT2D eigenvalue weighted by molar-refractivity contribution is 4.93. The summed E-state index contributed by atoms with van der Waals surface area (Å²) in [6.45, 7) is 8.14. The Balaban J connectivity index is 1.33. The molecule has 3 heteroatoms. The lowest BCUT2D eigenvalue weighted by atomic mass is 9.97. The van der Waals surface area contributed by atoms with Crippen LogP contribution in [-0.4, -0.2) is 25.9 Å². The van der Waals surface area contributed by atoms with Gasteiger partial charge in [-0.1, -0.05) is 90.0 Å². The second kappa shape index (κ2) is 18.5. The minimum atomic E-state index is 0.336. The Labute approximate surface area is 199 Å². The quantitative estimate of drug-likeness (QED) is 0.152. The third-order valence-corrected chi connectivity index (χ3v) is 7.04. The lowest BCUT2D eigenvalue weighted by molar-refractivity contribution is -0.703. The molecule has 0 bridgehead atoms. The van der Waals surface area contributed by atoms with Gasteiger partial charge in [-0.3, -0.25) is 0 Å². The number of rotatable bonds is 20. The van der Waals surface area contributed by atoms with Gasteiger partial charge < -0.3 is 9.47 Å². The number of pyridine rings is 1. The van der Waals surface area contributed by atoms with E-state index in [1.807, 2.05) is 0 Å². The van der Waals surface area contributed by atoms with Crippen LogP contribution in [0.15, 0.2) is 24.4 Å². The highest BCUT2D eigenvalue weighted by atomic mass is 16.5. The fraction of sp³-hybridized carbons (Fsp3) is 0.828. The van der Waals surface area contributed by atoms with E-state index in [9.17, 15) is 0 Å². The van der Waals surface area contributed by atoms with Crippen molar-refractivity contribution in [3.8, 4) is 0 Å². The molecule has 0 spiro atoms. The van der Waals surface area contributed by atoms with E-state index in [0.717, 1.165) is 38.7 Å². The predicted octanol–water partition coefficient (Wildman–Crippen LogP) is 7.58. The van der Waals surface area contributed by atoms with Gasteiger partial charge in [-0.05, 0) is 25.2 Å². The van der Waals surface area contributed by atoms with Gasteiger partial charge in [0.15, 0.2) is 11.9 Å². The summed E-state index contributed by atoms with van der Waals surface area (Å²) in [5.41, 5.74) is 1.33. The molecule has 0 unspecified atom stereocenters. The number of nitrogens with zero attached hydrogens (tertiary/aromatic N) is 1. The first-order valence-electron chi connectivity index (χ1n) is 13.9. The Morgan fingerprint density at radius 3 is 2.25 bits per heavy atom. The molecular formula is C29H52NO2+. The summed E-state index contributed by atoms with van der Waals surface area (Å²) in [4.78, 5) is 0. The van der Waals surface area contributed by atoms with Gasteiger partial charge in [0.1, 0.15) is 6.54 Å². The van der Waals surface area contributed by atoms with Crippen LogP contribution in [0.4, 0.5) is 0 Å². The van der Waals surface area contributed by atoms with Gasteiger partial charge in [-0.15, -0.1) is 0 Å². The fourth-order valence-electron chi connectivity index (χ4n) is 4.89. The van der Waals surface area contributed by atoms with E-state index in [2.05, 4.69) is 42.8 Å². The van der Waals surface area contributed by atoms with Crippen LogP contribution in [0.2, 0.25) is 0 Å². The Kier molecular flexibility index (Phi) is 15.8. The van der Waals surface area contributed by atoms with Crippen molar-refractivity contribution in [2.45, 2.75) is 129 Å². The molecule has 1 fully saturated rings. The molecule has 2 heterocycles. The highest BCUT2D eigenvalue weighted by Gasteiger charge is 2.25. The first-order chi connectivity index (χ1) is 15.8. The third-order valence-electron chi connectivity index (χ3n) is 7.04. The molecule has 0 N–H and O–H groups in total. The minimum Gasteiger partial charge on any atom is -0.379 e. The molecule has 32 heavy (non-hydrogen) atoms. The van der Waals surface area contributed by atoms with Crippen molar-refractivity contribution < 1.29 is 14.0 Å². The first-order valence-corrected chi connectivity index (χ1v) is 13.9. The second-order valence-corrected chi connectivity index (χ2v) is 10.1.